The van der Waals surface area contributed by atoms with E-state index < -0.39 is 0 Å². The second kappa shape index (κ2) is 1.52. The van der Waals surface area contributed by atoms with Gasteiger partial charge in [-0.3, -0.25) is 0 Å². The summed E-state index contributed by atoms with van der Waals surface area (Å²) in [5.41, 5.74) is 0.854. The van der Waals surface area contributed by atoms with Crippen molar-refractivity contribution in [1.29, 1.82) is 0 Å². The fourth-order valence-electron chi connectivity index (χ4n) is 0.505. The predicted octanol–water partition coefficient (Wildman–Crippen LogP) is 0.862. The molecule has 1 heterocycles. The first-order valence-corrected chi connectivity index (χ1v) is 2.26. The van der Waals surface area contributed by atoms with Gasteiger partial charge in [-0.25, -0.2) is 0 Å². The van der Waals surface area contributed by atoms with Crippen LogP contribution in [0.2, 0.25) is 0 Å². The van der Waals surface area contributed by atoms with Crippen molar-refractivity contribution in [2.75, 3.05) is 0 Å². The Morgan fingerprint density at radius 2 is 2.57 bits per heavy atom. The molecule has 1 unspecified atom stereocenters. The van der Waals surface area contributed by atoms with Gasteiger partial charge in [-0.1, -0.05) is 5.16 Å². The molecular weight excluding hydrogens is 90.1 g/mol. The van der Waals surface area contributed by atoms with Gasteiger partial charge in [0.15, 0.2) is 0 Å². The van der Waals surface area contributed by atoms with E-state index in [2.05, 4.69) is 11.6 Å². The summed E-state index contributed by atoms with van der Waals surface area (Å²) in [5.74, 6) is 0. The van der Waals surface area contributed by atoms with Crippen LogP contribution in [0.1, 0.15) is 13.8 Å². The molecule has 0 spiro atoms. The maximum atomic E-state index is 4.74. The van der Waals surface area contributed by atoms with Gasteiger partial charge in [0.1, 0.15) is 6.10 Å². The number of hydrogen-bond donors (Lipinski definition) is 0. The van der Waals surface area contributed by atoms with Gasteiger partial charge in [0.2, 0.25) is 0 Å². The van der Waals surface area contributed by atoms with Crippen molar-refractivity contribution < 1.29 is 4.84 Å². The molecule has 1 aliphatic rings. The minimum absolute atomic E-state index is 0.0694. The molecule has 2 heteroatoms. The van der Waals surface area contributed by atoms with Crippen molar-refractivity contribution in [3.63, 3.8) is 0 Å². The Balaban J connectivity index is 2.42. The highest BCUT2D eigenvalue weighted by molar-refractivity contribution is 5.91. The van der Waals surface area contributed by atoms with E-state index in [0.29, 0.717) is 0 Å². The van der Waals surface area contributed by atoms with Crippen molar-refractivity contribution >= 4 is 5.71 Å². The van der Waals surface area contributed by atoms with Gasteiger partial charge in [-0.15, -0.1) is 0 Å². The molecule has 7 heavy (non-hydrogen) atoms. The fraction of sp³-hybridized carbons (Fsp3) is 0.600. The largest absolute Gasteiger partial charge is 0.392 e. The predicted molar refractivity (Wildman–Crippen MR) is 26.9 cm³/mol. The maximum Gasteiger partial charge on any atom is 0.137 e. The van der Waals surface area contributed by atoms with Gasteiger partial charge >= 0.3 is 0 Å². The zero-order chi connectivity index (χ0) is 5.28. The highest BCUT2D eigenvalue weighted by atomic mass is 16.6. The molecule has 0 N–H and O–H groups in total. The topological polar surface area (TPSA) is 21.6 Å². The Kier molecular flexibility index (Phi) is 1.01. The van der Waals surface area contributed by atoms with Crippen LogP contribution in [-0.2, 0) is 4.84 Å². The molecule has 0 aromatic rings. The average molecular weight is 97.1 g/mol. The lowest BCUT2D eigenvalue weighted by Gasteiger charge is -1.92. The molecular formula is C5H7NO. The second-order valence-corrected chi connectivity index (χ2v) is 1.57. The number of rotatable bonds is 0. The van der Waals surface area contributed by atoms with Gasteiger partial charge in [-0.2, -0.15) is 0 Å². The quantitative estimate of drug-likeness (QED) is 0.439. The molecule has 1 atom stereocenters. The standard InChI is InChI=1S/C5H7NO/c1-4-3-5(2)7-6-4/h5H,1-2H3. The summed E-state index contributed by atoms with van der Waals surface area (Å²) in [6.07, 6.45) is 3.01. The minimum atomic E-state index is 0.0694. The van der Waals surface area contributed by atoms with Crippen LogP contribution in [0, 0.1) is 6.42 Å². The van der Waals surface area contributed by atoms with Crippen LogP contribution < -0.4 is 0 Å². The zero-order valence-electron chi connectivity index (χ0n) is 4.43. The third-order valence-electron chi connectivity index (χ3n) is 0.760. The molecule has 0 saturated heterocycles. The first-order valence-electron chi connectivity index (χ1n) is 2.26. The highest BCUT2D eigenvalue weighted by Crippen LogP contribution is 2.05. The third kappa shape index (κ3) is 0.918. The van der Waals surface area contributed by atoms with Crippen molar-refractivity contribution in [2.24, 2.45) is 5.16 Å². The molecule has 0 aromatic carbocycles. The molecule has 2 nitrogen and oxygen atoms in total. The first kappa shape index (κ1) is 4.62. The van der Waals surface area contributed by atoms with Crippen molar-refractivity contribution in [2.45, 2.75) is 20.0 Å². The van der Waals surface area contributed by atoms with E-state index in [1.807, 2.05) is 13.8 Å². The van der Waals surface area contributed by atoms with Crippen molar-refractivity contribution in [1.82, 2.24) is 0 Å². The van der Waals surface area contributed by atoms with Crippen LogP contribution in [0.3, 0.4) is 0 Å². The van der Waals surface area contributed by atoms with E-state index in [4.69, 9.17) is 4.84 Å². The van der Waals surface area contributed by atoms with E-state index in [1.54, 1.807) is 0 Å². The average Bonchev–Trinajstić information content (AvgIpc) is 1.87. The van der Waals surface area contributed by atoms with Crippen molar-refractivity contribution in [3.05, 3.63) is 6.42 Å². The van der Waals surface area contributed by atoms with Crippen LogP contribution in [0.5, 0.6) is 0 Å². The Hall–Kier alpha value is -0.530. The molecule has 0 fully saturated rings. The van der Waals surface area contributed by atoms with E-state index in [0.717, 1.165) is 5.71 Å². The minimum Gasteiger partial charge on any atom is -0.392 e. The monoisotopic (exact) mass is 97.1 g/mol. The molecule has 0 aromatic heterocycles. The van der Waals surface area contributed by atoms with Crippen LogP contribution >= 0.6 is 0 Å². The summed E-state index contributed by atoms with van der Waals surface area (Å²) in [7, 11) is 0. The second-order valence-electron chi connectivity index (χ2n) is 1.57. The van der Waals surface area contributed by atoms with Crippen molar-refractivity contribution in [3.8, 4) is 0 Å². The normalized spacial score (nSPS) is 29.4. The van der Waals surface area contributed by atoms with Gasteiger partial charge in [0.05, 0.1) is 12.1 Å². The van der Waals surface area contributed by atoms with E-state index in [9.17, 15) is 0 Å². The van der Waals surface area contributed by atoms with Gasteiger partial charge in [0.25, 0.3) is 0 Å². The Morgan fingerprint density at radius 1 is 1.86 bits per heavy atom. The summed E-state index contributed by atoms with van der Waals surface area (Å²) < 4.78 is 0. The van der Waals surface area contributed by atoms with E-state index >= 15 is 0 Å². The Morgan fingerprint density at radius 3 is 2.71 bits per heavy atom. The summed E-state index contributed by atoms with van der Waals surface area (Å²) in [5, 5.41) is 3.62. The molecule has 38 valence electrons. The molecule has 0 bridgehead atoms. The molecule has 0 saturated carbocycles. The zero-order valence-corrected chi connectivity index (χ0v) is 4.43. The summed E-state index contributed by atoms with van der Waals surface area (Å²) in [6, 6.07) is 0. The number of oxime groups is 1. The molecule has 1 aliphatic heterocycles. The highest BCUT2D eigenvalue weighted by Gasteiger charge is 2.11. The summed E-state index contributed by atoms with van der Waals surface area (Å²) in [6.45, 7) is 3.77. The molecule has 0 aliphatic carbocycles. The van der Waals surface area contributed by atoms with Crippen LogP contribution in [-0.4, -0.2) is 11.8 Å². The number of nitrogens with zero attached hydrogens (tertiary/aromatic N) is 1. The SMILES string of the molecule is CC1=NOC(C)[C]1. The fourth-order valence-corrected chi connectivity index (χ4v) is 0.505. The molecule has 0 amide bonds. The lowest BCUT2D eigenvalue weighted by molar-refractivity contribution is 0.116. The summed E-state index contributed by atoms with van der Waals surface area (Å²) >= 11 is 0. The van der Waals surface area contributed by atoms with E-state index in [1.165, 1.54) is 0 Å². The van der Waals surface area contributed by atoms with Gasteiger partial charge in [0, 0.05) is 0 Å². The van der Waals surface area contributed by atoms with Crippen LogP contribution in [0.4, 0.5) is 0 Å². The molecule has 2 radical (unpaired) electrons. The Labute approximate surface area is 43.2 Å². The van der Waals surface area contributed by atoms with Crippen LogP contribution in [0.15, 0.2) is 5.16 Å². The van der Waals surface area contributed by atoms with Crippen LogP contribution in [0.25, 0.3) is 0 Å². The number of hydrogen-bond acceptors (Lipinski definition) is 2. The smallest absolute Gasteiger partial charge is 0.137 e. The summed E-state index contributed by atoms with van der Waals surface area (Å²) in [4.78, 5) is 4.74. The third-order valence-corrected chi connectivity index (χ3v) is 0.760. The van der Waals surface area contributed by atoms with E-state index in [-0.39, 0.29) is 6.10 Å². The van der Waals surface area contributed by atoms with Gasteiger partial charge in [-0.05, 0) is 13.8 Å². The molecule has 1 rings (SSSR count). The lowest BCUT2D eigenvalue weighted by atomic mass is 10.2. The lowest BCUT2D eigenvalue weighted by Crippen LogP contribution is -1.99. The van der Waals surface area contributed by atoms with Gasteiger partial charge < -0.3 is 4.84 Å². The first-order chi connectivity index (χ1) is 3.29. The Bertz CT molecular complexity index is 98.3. The maximum absolute atomic E-state index is 4.74.